The summed E-state index contributed by atoms with van der Waals surface area (Å²) < 4.78 is 0. The quantitative estimate of drug-likeness (QED) is 0.686. The second-order valence-electron chi connectivity index (χ2n) is 4.29. The van der Waals surface area contributed by atoms with Gasteiger partial charge in [-0.3, -0.25) is 4.79 Å². The van der Waals surface area contributed by atoms with Crippen molar-refractivity contribution in [2.24, 2.45) is 17.8 Å². The van der Waals surface area contributed by atoms with Crippen LogP contribution in [0.25, 0.3) is 0 Å². The predicted octanol–water partition coefficient (Wildman–Crippen LogP) is 2.29. The Morgan fingerprint density at radius 2 is 2.08 bits per heavy atom. The molecule has 3 atom stereocenters. The first-order valence-corrected chi connectivity index (χ1v) is 4.99. The van der Waals surface area contributed by atoms with E-state index in [2.05, 4.69) is 0 Å². The molecule has 0 saturated heterocycles. The summed E-state index contributed by atoms with van der Waals surface area (Å²) in [5.41, 5.74) is 0. The van der Waals surface area contributed by atoms with Crippen LogP contribution in [0.1, 0.15) is 38.5 Å². The average Bonchev–Trinajstić information content (AvgIpc) is 2.52. The van der Waals surface area contributed by atoms with Crippen LogP contribution in [0.4, 0.5) is 0 Å². The van der Waals surface area contributed by atoms with Crippen molar-refractivity contribution in [2.75, 3.05) is 0 Å². The summed E-state index contributed by atoms with van der Waals surface area (Å²) >= 11 is 0. The first kappa shape index (κ1) is 8.09. The molecule has 1 N–H and O–H groups in total. The zero-order valence-corrected chi connectivity index (χ0v) is 7.33. The minimum absolute atomic E-state index is 0.418. The molecule has 2 aliphatic carbocycles. The van der Waals surface area contributed by atoms with Crippen molar-refractivity contribution in [3.8, 4) is 0 Å². The maximum atomic E-state index is 10.5. The minimum Gasteiger partial charge on any atom is -0.481 e. The normalized spacial score (nSPS) is 39.8. The summed E-state index contributed by atoms with van der Waals surface area (Å²) in [6.07, 6.45) is 6.88. The van der Waals surface area contributed by atoms with E-state index in [1.54, 1.807) is 0 Å². The van der Waals surface area contributed by atoms with Crippen molar-refractivity contribution in [3.63, 3.8) is 0 Å². The van der Waals surface area contributed by atoms with Gasteiger partial charge in [0, 0.05) is 6.42 Å². The molecule has 0 aromatic heterocycles. The summed E-state index contributed by atoms with van der Waals surface area (Å²) in [5, 5.41) is 8.69. The molecule has 2 rings (SSSR count). The van der Waals surface area contributed by atoms with Gasteiger partial charge in [-0.2, -0.15) is 0 Å². The monoisotopic (exact) mass is 168 g/mol. The molecule has 2 heteroatoms. The summed E-state index contributed by atoms with van der Waals surface area (Å²) in [6, 6.07) is 0. The number of aliphatic carboxylic acids is 1. The van der Waals surface area contributed by atoms with Crippen molar-refractivity contribution in [2.45, 2.75) is 38.5 Å². The lowest BCUT2D eigenvalue weighted by atomic mass is 9.90. The van der Waals surface area contributed by atoms with Crippen LogP contribution in [-0.4, -0.2) is 11.1 Å². The van der Waals surface area contributed by atoms with E-state index in [0.29, 0.717) is 12.3 Å². The summed E-state index contributed by atoms with van der Waals surface area (Å²) in [7, 11) is 0. The Morgan fingerprint density at radius 3 is 2.83 bits per heavy atom. The maximum absolute atomic E-state index is 10.5. The molecular formula is C10H16O2. The Morgan fingerprint density at radius 1 is 1.25 bits per heavy atom. The smallest absolute Gasteiger partial charge is 0.303 e. The third-order valence-electron chi connectivity index (χ3n) is 3.67. The Balaban J connectivity index is 1.95. The van der Waals surface area contributed by atoms with Gasteiger partial charge in [0.1, 0.15) is 0 Å². The largest absolute Gasteiger partial charge is 0.481 e. The number of fused-ring (bicyclic) bond motifs is 1. The summed E-state index contributed by atoms with van der Waals surface area (Å²) in [5.74, 6) is 1.55. The molecule has 12 heavy (non-hydrogen) atoms. The molecule has 68 valence electrons. The van der Waals surface area contributed by atoms with Crippen molar-refractivity contribution in [1.29, 1.82) is 0 Å². The number of hydrogen-bond acceptors (Lipinski definition) is 1. The van der Waals surface area contributed by atoms with Gasteiger partial charge in [-0.15, -0.1) is 0 Å². The second-order valence-corrected chi connectivity index (χ2v) is 4.29. The van der Waals surface area contributed by atoms with E-state index in [-0.39, 0.29) is 0 Å². The van der Waals surface area contributed by atoms with Crippen LogP contribution >= 0.6 is 0 Å². The first-order valence-electron chi connectivity index (χ1n) is 4.99. The minimum atomic E-state index is -0.604. The predicted molar refractivity (Wildman–Crippen MR) is 45.8 cm³/mol. The molecule has 0 aromatic rings. The Bertz CT molecular complexity index is 188. The lowest BCUT2D eigenvalue weighted by molar-refractivity contribution is -0.138. The fourth-order valence-electron chi connectivity index (χ4n) is 3.16. The molecule has 0 heterocycles. The van der Waals surface area contributed by atoms with Crippen LogP contribution < -0.4 is 0 Å². The van der Waals surface area contributed by atoms with Gasteiger partial charge in [0.15, 0.2) is 0 Å². The molecule has 2 aliphatic rings. The van der Waals surface area contributed by atoms with Gasteiger partial charge in [-0.25, -0.2) is 0 Å². The van der Waals surface area contributed by atoms with E-state index >= 15 is 0 Å². The van der Waals surface area contributed by atoms with E-state index in [1.165, 1.54) is 32.1 Å². The van der Waals surface area contributed by atoms with E-state index < -0.39 is 5.97 Å². The van der Waals surface area contributed by atoms with Crippen molar-refractivity contribution in [1.82, 2.24) is 0 Å². The van der Waals surface area contributed by atoms with Gasteiger partial charge >= 0.3 is 5.97 Å². The van der Waals surface area contributed by atoms with Crippen LogP contribution in [0, 0.1) is 17.8 Å². The Labute approximate surface area is 73.0 Å². The van der Waals surface area contributed by atoms with E-state index in [9.17, 15) is 4.79 Å². The third kappa shape index (κ3) is 1.35. The molecule has 0 bridgehead atoms. The van der Waals surface area contributed by atoms with Crippen LogP contribution in [0.5, 0.6) is 0 Å². The number of hydrogen-bond donors (Lipinski definition) is 1. The van der Waals surface area contributed by atoms with Crippen molar-refractivity contribution < 1.29 is 9.90 Å². The highest BCUT2D eigenvalue weighted by molar-refractivity contribution is 5.67. The zero-order chi connectivity index (χ0) is 8.55. The lowest BCUT2D eigenvalue weighted by Gasteiger charge is -2.15. The van der Waals surface area contributed by atoms with E-state index in [4.69, 9.17) is 5.11 Å². The molecule has 0 aliphatic heterocycles. The van der Waals surface area contributed by atoms with Gasteiger partial charge in [0.2, 0.25) is 0 Å². The van der Waals surface area contributed by atoms with Gasteiger partial charge in [0.25, 0.3) is 0 Å². The lowest BCUT2D eigenvalue weighted by Crippen LogP contribution is -2.13. The number of carbonyl (C=O) groups is 1. The molecule has 0 radical (unpaired) electrons. The van der Waals surface area contributed by atoms with Gasteiger partial charge in [0.05, 0.1) is 0 Å². The van der Waals surface area contributed by atoms with Gasteiger partial charge < -0.3 is 5.11 Å². The molecule has 2 saturated carbocycles. The maximum Gasteiger partial charge on any atom is 0.303 e. The van der Waals surface area contributed by atoms with E-state index in [1.807, 2.05) is 0 Å². The first-order chi connectivity index (χ1) is 5.77. The highest BCUT2D eigenvalue weighted by atomic mass is 16.4. The summed E-state index contributed by atoms with van der Waals surface area (Å²) in [4.78, 5) is 10.5. The zero-order valence-electron chi connectivity index (χ0n) is 7.33. The third-order valence-corrected chi connectivity index (χ3v) is 3.67. The van der Waals surface area contributed by atoms with Crippen LogP contribution in [-0.2, 0) is 4.79 Å². The average molecular weight is 168 g/mol. The van der Waals surface area contributed by atoms with Crippen molar-refractivity contribution >= 4 is 5.97 Å². The van der Waals surface area contributed by atoms with Crippen molar-refractivity contribution in [3.05, 3.63) is 0 Å². The van der Waals surface area contributed by atoms with Gasteiger partial charge in [-0.1, -0.05) is 12.8 Å². The van der Waals surface area contributed by atoms with Crippen LogP contribution in [0.15, 0.2) is 0 Å². The summed E-state index contributed by atoms with van der Waals surface area (Å²) in [6.45, 7) is 0. The van der Waals surface area contributed by atoms with E-state index in [0.717, 1.165) is 11.8 Å². The standard InChI is InChI=1S/C10H16O2/c11-10(12)6-8-5-4-7-2-1-3-9(7)8/h7-9H,1-6H2,(H,11,12). The SMILES string of the molecule is O=C(O)CC1CCC2CCCC21. The molecule has 0 amide bonds. The molecule has 0 aromatic carbocycles. The topological polar surface area (TPSA) is 37.3 Å². The number of carboxylic acids is 1. The second kappa shape index (κ2) is 3.08. The number of rotatable bonds is 2. The number of carboxylic acid groups (broad SMARTS) is 1. The fourth-order valence-corrected chi connectivity index (χ4v) is 3.16. The molecular weight excluding hydrogens is 152 g/mol. The molecule has 2 fully saturated rings. The molecule has 2 nitrogen and oxygen atoms in total. The molecule has 3 unspecified atom stereocenters. The Kier molecular flexibility index (Phi) is 2.07. The highest BCUT2D eigenvalue weighted by Gasteiger charge is 2.39. The van der Waals surface area contributed by atoms with Crippen LogP contribution in [0.2, 0.25) is 0 Å². The Hall–Kier alpha value is -0.530. The van der Waals surface area contributed by atoms with Gasteiger partial charge in [-0.05, 0) is 37.0 Å². The molecule has 0 spiro atoms. The fraction of sp³-hybridized carbons (Fsp3) is 0.900. The highest BCUT2D eigenvalue weighted by Crippen LogP contribution is 2.48. The van der Waals surface area contributed by atoms with Crippen LogP contribution in [0.3, 0.4) is 0 Å².